The zero-order valence-corrected chi connectivity index (χ0v) is 48.4. The highest BCUT2D eigenvalue weighted by Crippen LogP contribution is 2.16. The highest BCUT2D eigenvalue weighted by atomic mass is 16.6. The van der Waals surface area contributed by atoms with E-state index in [0.29, 0.717) is 19.3 Å². The van der Waals surface area contributed by atoms with Gasteiger partial charge in [-0.2, -0.15) is 0 Å². The van der Waals surface area contributed by atoms with Crippen molar-refractivity contribution in [3.8, 4) is 0 Å². The zero-order valence-electron chi connectivity index (χ0n) is 48.4. The SMILES string of the molecule is CC/C=C\C/C=C\C/C=C\C/C=C\CCCCCCCCCCC(=O)OCC(COC(=O)CCCCCCC/C=C\CCCCCCCC)OC(=O)CCCCCCCCCCC/C=C\CCCCCCCC. The Bertz CT molecular complexity index is 1360. The van der Waals surface area contributed by atoms with Crippen LogP contribution in [0, 0.1) is 0 Å². The molecule has 0 saturated carbocycles. The van der Waals surface area contributed by atoms with Gasteiger partial charge in [-0.1, -0.05) is 261 Å². The molecule has 0 spiro atoms. The van der Waals surface area contributed by atoms with Gasteiger partial charge in [0.15, 0.2) is 6.10 Å². The van der Waals surface area contributed by atoms with Crippen LogP contribution in [0.1, 0.15) is 316 Å². The number of allylic oxidation sites excluding steroid dienone is 12. The Balaban J connectivity index is 4.38. The first-order valence-corrected chi connectivity index (χ1v) is 31.4. The number of unbranched alkanes of at least 4 members (excludes halogenated alkanes) is 34. The number of rotatable bonds is 57. The topological polar surface area (TPSA) is 78.9 Å². The monoisotopic (exact) mass is 1020 g/mol. The second-order valence-electron chi connectivity index (χ2n) is 20.9. The fourth-order valence-electron chi connectivity index (χ4n) is 8.95. The summed E-state index contributed by atoms with van der Waals surface area (Å²) in [5.74, 6) is -0.885. The molecule has 0 aromatic carbocycles. The van der Waals surface area contributed by atoms with Crippen LogP contribution >= 0.6 is 0 Å². The van der Waals surface area contributed by atoms with E-state index in [9.17, 15) is 14.4 Å². The summed E-state index contributed by atoms with van der Waals surface area (Å²) < 4.78 is 16.9. The van der Waals surface area contributed by atoms with Gasteiger partial charge in [0.1, 0.15) is 13.2 Å². The van der Waals surface area contributed by atoms with Crippen molar-refractivity contribution < 1.29 is 28.6 Å². The molecule has 0 radical (unpaired) electrons. The van der Waals surface area contributed by atoms with Crippen LogP contribution in [0.4, 0.5) is 0 Å². The van der Waals surface area contributed by atoms with E-state index in [1.54, 1.807) is 0 Å². The molecule has 6 nitrogen and oxygen atoms in total. The summed E-state index contributed by atoms with van der Waals surface area (Å²) in [6, 6.07) is 0. The Morgan fingerprint density at radius 1 is 0.288 bits per heavy atom. The molecule has 73 heavy (non-hydrogen) atoms. The molecule has 0 aromatic heterocycles. The van der Waals surface area contributed by atoms with E-state index in [0.717, 1.165) is 96.3 Å². The molecule has 0 amide bonds. The summed E-state index contributed by atoms with van der Waals surface area (Å²) in [6.07, 6.45) is 79.0. The quantitative estimate of drug-likeness (QED) is 0.0261. The third kappa shape index (κ3) is 59.6. The van der Waals surface area contributed by atoms with Crippen molar-refractivity contribution in [2.45, 2.75) is 322 Å². The first-order valence-electron chi connectivity index (χ1n) is 31.4. The maximum absolute atomic E-state index is 12.9. The van der Waals surface area contributed by atoms with Gasteiger partial charge in [-0.05, 0) is 109 Å². The van der Waals surface area contributed by atoms with Gasteiger partial charge < -0.3 is 14.2 Å². The number of esters is 3. The third-order valence-electron chi connectivity index (χ3n) is 13.7. The molecular weight excluding hydrogens is 901 g/mol. The number of hydrogen-bond acceptors (Lipinski definition) is 6. The first kappa shape index (κ1) is 69.8. The molecule has 1 unspecified atom stereocenters. The van der Waals surface area contributed by atoms with E-state index in [1.807, 2.05) is 0 Å². The van der Waals surface area contributed by atoms with Crippen LogP contribution in [0.25, 0.3) is 0 Å². The Morgan fingerprint density at radius 3 is 0.849 bits per heavy atom. The standard InChI is InChI=1S/C67H118O6/c1-4-7-10-13-16-19-22-25-28-30-32-33-35-36-39-42-45-48-51-54-57-60-66(69)72-63-64(62-71-65(68)59-56-53-50-47-44-41-38-27-24-21-18-15-12-9-6-3)73-67(70)61-58-55-52-49-46-43-40-37-34-31-29-26-23-20-17-14-11-8-5-2/h7,10,16,19,25-29,32-33,38,64H,4-6,8-9,11-15,17-18,20-24,30-31,34-37,39-63H2,1-3H3/b10-7-,19-16-,28-25-,29-26-,33-32-,38-27-. The summed E-state index contributed by atoms with van der Waals surface area (Å²) in [5, 5.41) is 0. The lowest BCUT2D eigenvalue weighted by Gasteiger charge is -2.18. The Labute approximate surface area is 453 Å². The highest BCUT2D eigenvalue weighted by Gasteiger charge is 2.19. The fourth-order valence-corrected chi connectivity index (χ4v) is 8.95. The predicted molar refractivity (Wildman–Crippen MR) is 316 cm³/mol. The van der Waals surface area contributed by atoms with E-state index < -0.39 is 6.10 Å². The summed E-state index contributed by atoms with van der Waals surface area (Å²) in [6.45, 7) is 6.54. The molecule has 0 aromatic rings. The minimum absolute atomic E-state index is 0.0815. The minimum Gasteiger partial charge on any atom is -0.462 e. The molecule has 0 bridgehead atoms. The van der Waals surface area contributed by atoms with E-state index in [-0.39, 0.29) is 31.1 Å². The molecule has 6 heteroatoms. The van der Waals surface area contributed by atoms with Crippen molar-refractivity contribution in [3.05, 3.63) is 72.9 Å². The van der Waals surface area contributed by atoms with Crippen molar-refractivity contribution >= 4 is 17.9 Å². The summed E-state index contributed by atoms with van der Waals surface area (Å²) in [7, 11) is 0. The van der Waals surface area contributed by atoms with E-state index in [1.165, 1.54) is 180 Å². The number of carbonyl (C=O) groups is 3. The maximum Gasteiger partial charge on any atom is 0.306 e. The Morgan fingerprint density at radius 2 is 0.534 bits per heavy atom. The molecule has 1 atom stereocenters. The van der Waals surface area contributed by atoms with E-state index in [2.05, 4.69) is 93.7 Å². The number of hydrogen-bond donors (Lipinski definition) is 0. The molecule has 422 valence electrons. The summed E-state index contributed by atoms with van der Waals surface area (Å²) >= 11 is 0. The molecule has 0 rings (SSSR count). The van der Waals surface area contributed by atoms with Gasteiger partial charge in [-0.25, -0.2) is 0 Å². The van der Waals surface area contributed by atoms with Crippen molar-refractivity contribution in [1.29, 1.82) is 0 Å². The number of ether oxygens (including phenoxy) is 3. The lowest BCUT2D eigenvalue weighted by molar-refractivity contribution is -0.167. The second-order valence-corrected chi connectivity index (χ2v) is 20.9. The van der Waals surface area contributed by atoms with Gasteiger partial charge in [-0.15, -0.1) is 0 Å². The second kappa shape index (κ2) is 61.4. The van der Waals surface area contributed by atoms with Crippen molar-refractivity contribution in [2.24, 2.45) is 0 Å². The van der Waals surface area contributed by atoms with Crippen molar-refractivity contribution in [2.75, 3.05) is 13.2 Å². The summed E-state index contributed by atoms with van der Waals surface area (Å²) in [5.41, 5.74) is 0. The van der Waals surface area contributed by atoms with Crippen molar-refractivity contribution in [3.63, 3.8) is 0 Å². The van der Waals surface area contributed by atoms with Gasteiger partial charge in [-0.3, -0.25) is 14.4 Å². The number of carbonyl (C=O) groups excluding carboxylic acids is 3. The predicted octanol–water partition coefficient (Wildman–Crippen LogP) is 21.3. The first-order chi connectivity index (χ1) is 36.0. The lowest BCUT2D eigenvalue weighted by Crippen LogP contribution is -2.30. The van der Waals surface area contributed by atoms with Crippen LogP contribution in [0.3, 0.4) is 0 Å². The Kier molecular flexibility index (Phi) is 58.7. The van der Waals surface area contributed by atoms with Crippen LogP contribution in [-0.4, -0.2) is 37.2 Å². The van der Waals surface area contributed by atoms with Gasteiger partial charge in [0.25, 0.3) is 0 Å². The highest BCUT2D eigenvalue weighted by molar-refractivity contribution is 5.71. The molecular formula is C67H118O6. The smallest absolute Gasteiger partial charge is 0.306 e. The molecule has 0 fully saturated rings. The molecule has 0 saturated heterocycles. The third-order valence-corrected chi connectivity index (χ3v) is 13.7. The largest absolute Gasteiger partial charge is 0.462 e. The molecule has 0 heterocycles. The normalized spacial score (nSPS) is 12.5. The molecule has 0 aliphatic rings. The van der Waals surface area contributed by atoms with Gasteiger partial charge >= 0.3 is 17.9 Å². The zero-order chi connectivity index (χ0) is 52.9. The Hall–Kier alpha value is -3.15. The van der Waals surface area contributed by atoms with Crippen LogP contribution < -0.4 is 0 Å². The van der Waals surface area contributed by atoms with Gasteiger partial charge in [0, 0.05) is 19.3 Å². The molecule has 0 aliphatic carbocycles. The van der Waals surface area contributed by atoms with E-state index >= 15 is 0 Å². The summed E-state index contributed by atoms with van der Waals surface area (Å²) in [4.78, 5) is 38.3. The van der Waals surface area contributed by atoms with Crippen molar-refractivity contribution in [1.82, 2.24) is 0 Å². The van der Waals surface area contributed by atoms with Gasteiger partial charge in [0.05, 0.1) is 0 Å². The van der Waals surface area contributed by atoms with Crippen LogP contribution in [0.5, 0.6) is 0 Å². The fraction of sp³-hybridized carbons (Fsp3) is 0.776. The lowest BCUT2D eigenvalue weighted by atomic mass is 10.1. The maximum atomic E-state index is 12.9. The van der Waals surface area contributed by atoms with Crippen LogP contribution in [0.2, 0.25) is 0 Å². The van der Waals surface area contributed by atoms with Crippen LogP contribution in [0.15, 0.2) is 72.9 Å². The minimum atomic E-state index is -0.784. The average molecular weight is 1020 g/mol. The molecule has 0 aliphatic heterocycles. The molecule has 0 N–H and O–H groups in total. The average Bonchev–Trinajstić information content (AvgIpc) is 3.39. The van der Waals surface area contributed by atoms with Crippen LogP contribution in [-0.2, 0) is 28.6 Å². The van der Waals surface area contributed by atoms with Gasteiger partial charge in [0.2, 0.25) is 0 Å². The van der Waals surface area contributed by atoms with E-state index in [4.69, 9.17) is 14.2 Å².